The Morgan fingerprint density at radius 1 is 1.26 bits per heavy atom. The van der Waals surface area contributed by atoms with Gasteiger partial charge in [0.2, 0.25) is 5.91 Å². The zero-order valence-electron chi connectivity index (χ0n) is 13.5. The first-order valence-corrected chi connectivity index (χ1v) is 8.60. The van der Waals surface area contributed by atoms with Crippen molar-refractivity contribution in [2.75, 3.05) is 19.7 Å². The molecule has 1 unspecified atom stereocenters. The Bertz CT molecular complexity index is 544. The molecule has 1 aromatic rings. The van der Waals surface area contributed by atoms with Gasteiger partial charge in [0.25, 0.3) is 0 Å². The highest BCUT2D eigenvalue weighted by atomic mass is 16.3. The SMILES string of the molecule is O=C(N[C@@H]1C=C[C@H](CO)C1)C1CCCN(Cc2ccccc2)C1. The molecule has 124 valence electrons. The number of rotatable bonds is 5. The second-order valence-corrected chi connectivity index (χ2v) is 6.74. The lowest BCUT2D eigenvalue weighted by Gasteiger charge is -2.32. The van der Waals surface area contributed by atoms with Gasteiger partial charge in [-0.2, -0.15) is 0 Å². The van der Waals surface area contributed by atoms with Gasteiger partial charge in [-0.3, -0.25) is 9.69 Å². The molecule has 3 atom stereocenters. The molecule has 2 aliphatic rings. The lowest BCUT2D eigenvalue weighted by Crippen LogP contribution is -2.45. The summed E-state index contributed by atoms with van der Waals surface area (Å²) in [5, 5.41) is 12.3. The minimum atomic E-state index is 0.0778. The van der Waals surface area contributed by atoms with Crippen LogP contribution in [0.5, 0.6) is 0 Å². The van der Waals surface area contributed by atoms with E-state index < -0.39 is 0 Å². The molecule has 0 saturated carbocycles. The molecule has 23 heavy (non-hydrogen) atoms. The standard InChI is InChI=1S/C19H26N2O2/c22-14-16-8-9-18(11-16)20-19(23)17-7-4-10-21(13-17)12-15-5-2-1-3-6-15/h1-3,5-6,8-9,16-18,22H,4,7,10-14H2,(H,20,23)/t16-,17?,18+/m0/s1. The number of hydrogen-bond donors (Lipinski definition) is 2. The molecule has 1 fully saturated rings. The van der Waals surface area contributed by atoms with E-state index in [1.54, 1.807) is 0 Å². The Kier molecular flexibility index (Phi) is 5.47. The number of hydrogen-bond acceptors (Lipinski definition) is 3. The first-order valence-electron chi connectivity index (χ1n) is 8.60. The van der Waals surface area contributed by atoms with E-state index in [1.807, 2.05) is 18.2 Å². The summed E-state index contributed by atoms with van der Waals surface area (Å²) in [5.41, 5.74) is 1.30. The molecule has 1 aliphatic carbocycles. The highest BCUT2D eigenvalue weighted by molar-refractivity contribution is 5.79. The number of aliphatic hydroxyl groups excluding tert-OH is 1. The maximum atomic E-state index is 12.5. The molecule has 4 heteroatoms. The Labute approximate surface area is 138 Å². The predicted molar refractivity (Wildman–Crippen MR) is 90.7 cm³/mol. The van der Waals surface area contributed by atoms with Crippen LogP contribution in [0.25, 0.3) is 0 Å². The average molecular weight is 314 g/mol. The van der Waals surface area contributed by atoms with Crippen LogP contribution in [0.2, 0.25) is 0 Å². The zero-order chi connectivity index (χ0) is 16.1. The molecule has 1 amide bonds. The highest BCUT2D eigenvalue weighted by Gasteiger charge is 2.28. The van der Waals surface area contributed by atoms with Gasteiger partial charge in [-0.05, 0) is 31.4 Å². The van der Waals surface area contributed by atoms with Crippen LogP contribution in [0, 0.1) is 11.8 Å². The summed E-state index contributed by atoms with van der Waals surface area (Å²) in [4.78, 5) is 14.9. The number of nitrogens with zero attached hydrogens (tertiary/aromatic N) is 1. The van der Waals surface area contributed by atoms with Crippen LogP contribution >= 0.6 is 0 Å². The van der Waals surface area contributed by atoms with Crippen molar-refractivity contribution < 1.29 is 9.90 Å². The minimum absolute atomic E-state index is 0.0778. The third-order valence-corrected chi connectivity index (χ3v) is 4.86. The fourth-order valence-electron chi connectivity index (χ4n) is 3.57. The first kappa shape index (κ1) is 16.2. The summed E-state index contributed by atoms with van der Waals surface area (Å²) in [7, 11) is 0. The van der Waals surface area contributed by atoms with Gasteiger partial charge in [-0.15, -0.1) is 0 Å². The molecule has 2 N–H and O–H groups in total. The highest BCUT2D eigenvalue weighted by Crippen LogP contribution is 2.21. The molecule has 1 aliphatic heterocycles. The van der Waals surface area contributed by atoms with Crippen molar-refractivity contribution in [1.82, 2.24) is 10.2 Å². The predicted octanol–water partition coefficient (Wildman–Crippen LogP) is 1.95. The van der Waals surface area contributed by atoms with E-state index in [9.17, 15) is 9.90 Å². The van der Waals surface area contributed by atoms with Crippen LogP contribution in [-0.4, -0.2) is 41.7 Å². The molecule has 1 saturated heterocycles. The van der Waals surface area contributed by atoms with E-state index in [-0.39, 0.29) is 30.4 Å². The van der Waals surface area contributed by atoms with Crippen LogP contribution in [0.1, 0.15) is 24.8 Å². The van der Waals surface area contributed by atoms with Crippen molar-refractivity contribution in [1.29, 1.82) is 0 Å². The maximum absolute atomic E-state index is 12.5. The third-order valence-electron chi connectivity index (χ3n) is 4.86. The number of amides is 1. The van der Waals surface area contributed by atoms with Gasteiger partial charge in [0.1, 0.15) is 0 Å². The summed E-state index contributed by atoms with van der Waals surface area (Å²) in [6.07, 6.45) is 6.89. The van der Waals surface area contributed by atoms with Crippen molar-refractivity contribution >= 4 is 5.91 Å². The summed E-state index contributed by atoms with van der Waals surface area (Å²) in [6.45, 7) is 2.98. The largest absolute Gasteiger partial charge is 0.396 e. The smallest absolute Gasteiger partial charge is 0.224 e. The average Bonchev–Trinajstić information content (AvgIpc) is 3.03. The van der Waals surface area contributed by atoms with Gasteiger partial charge in [0, 0.05) is 31.7 Å². The Morgan fingerprint density at radius 3 is 2.83 bits per heavy atom. The van der Waals surface area contributed by atoms with Gasteiger partial charge >= 0.3 is 0 Å². The number of piperidine rings is 1. The number of carbonyl (C=O) groups excluding carboxylic acids is 1. The molecule has 1 heterocycles. The fourth-order valence-corrected chi connectivity index (χ4v) is 3.57. The Hall–Kier alpha value is -1.65. The lowest BCUT2D eigenvalue weighted by molar-refractivity contribution is -0.127. The van der Waals surface area contributed by atoms with Crippen molar-refractivity contribution in [2.45, 2.75) is 31.8 Å². The normalized spacial score (nSPS) is 28.0. The monoisotopic (exact) mass is 314 g/mol. The van der Waals surface area contributed by atoms with E-state index in [1.165, 1.54) is 5.56 Å². The van der Waals surface area contributed by atoms with Crippen molar-refractivity contribution in [3.8, 4) is 0 Å². The Morgan fingerprint density at radius 2 is 2.09 bits per heavy atom. The van der Waals surface area contributed by atoms with Crippen molar-refractivity contribution in [3.63, 3.8) is 0 Å². The Balaban J connectivity index is 1.50. The summed E-state index contributed by atoms with van der Waals surface area (Å²) in [5.74, 6) is 0.436. The van der Waals surface area contributed by atoms with Crippen LogP contribution in [0.3, 0.4) is 0 Å². The molecular formula is C19H26N2O2. The minimum Gasteiger partial charge on any atom is -0.396 e. The number of benzene rings is 1. The van der Waals surface area contributed by atoms with Gasteiger partial charge in [-0.25, -0.2) is 0 Å². The van der Waals surface area contributed by atoms with Gasteiger partial charge in [-0.1, -0.05) is 42.5 Å². The summed E-state index contributed by atoms with van der Waals surface area (Å²) >= 11 is 0. The molecule has 0 bridgehead atoms. The second-order valence-electron chi connectivity index (χ2n) is 6.74. The van der Waals surface area contributed by atoms with Gasteiger partial charge in [0.05, 0.1) is 5.92 Å². The van der Waals surface area contributed by atoms with Gasteiger partial charge in [0.15, 0.2) is 0 Å². The quantitative estimate of drug-likeness (QED) is 0.817. The molecular weight excluding hydrogens is 288 g/mol. The van der Waals surface area contributed by atoms with Crippen LogP contribution in [0.15, 0.2) is 42.5 Å². The number of likely N-dealkylation sites (tertiary alicyclic amines) is 1. The molecule has 3 rings (SSSR count). The first-order chi connectivity index (χ1) is 11.2. The third kappa shape index (κ3) is 4.43. The number of nitrogens with one attached hydrogen (secondary N) is 1. The van der Waals surface area contributed by atoms with E-state index in [0.717, 1.165) is 38.9 Å². The summed E-state index contributed by atoms with van der Waals surface area (Å²) in [6, 6.07) is 10.5. The fraction of sp³-hybridized carbons (Fsp3) is 0.526. The molecule has 4 nitrogen and oxygen atoms in total. The maximum Gasteiger partial charge on any atom is 0.224 e. The van der Waals surface area contributed by atoms with E-state index in [4.69, 9.17) is 0 Å². The topological polar surface area (TPSA) is 52.6 Å². The molecule has 0 aromatic heterocycles. The number of aliphatic hydroxyl groups is 1. The van der Waals surface area contributed by atoms with Gasteiger partial charge < -0.3 is 10.4 Å². The van der Waals surface area contributed by atoms with E-state index in [0.29, 0.717) is 0 Å². The zero-order valence-corrected chi connectivity index (χ0v) is 13.5. The second kappa shape index (κ2) is 7.75. The van der Waals surface area contributed by atoms with Crippen LogP contribution < -0.4 is 5.32 Å². The molecule has 0 radical (unpaired) electrons. The molecule has 0 spiro atoms. The van der Waals surface area contributed by atoms with Crippen LogP contribution in [-0.2, 0) is 11.3 Å². The number of carbonyl (C=O) groups is 1. The molecule has 1 aromatic carbocycles. The lowest BCUT2D eigenvalue weighted by atomic mass is 9.96. The van der Waals surface area contributed by atoms with Crippen LogP contribution in [0.4, 0.5) is 0 Å². The summed E-state index contributed by atoms with van der Waals surface area (Å²) < 4.78 is 0. The van der Waals surface area contributed by atoms with Crippen molar-refractivity contribution in [3.05, 3.63) is 48.0 Å². The van der Waals surface area contributed by atoms with E-state index >= 15 is 0 Å². The van der Waals surface area contributed by atoms with E-state index in [2.05, 4.69) is 34.5 Å². The van der Waals surface area contributed by atoms with Crippen molar-refractivity contribution in [2.24, 2.45) is 11.8 Å².